The average molecular weight is 383 g/mol. The third-order valence-electron chi connectivity index (χ3n) is 4.31. The zero-order chi connectivity index (χ0) is 19.2. The fourth-order valence-electron chi connectivity index (χ4n) is 3.05. The van der Waals surface area contributed by atoms with Gasteiger partial charge in [-0.05, 0) is 35.9 Å². The highest BCUT2D eigenvalue weighted by atomic mass is 32.2. The number of aromatic carboxylic acids is 1. The molecule has 0 spiro atoms. The Hall–Kier alpha value is -3.46. The number of pyridine rings is 2. The van der Waals surface area contributed by atoms with Crippen LogP contribution >= 0.6 is 0 Å². The van der Waals surface area contributed by atoms with Crippen molar-refractivity contribution in [3.8, 4) is 0 Å². The van der Waals surface area contributed by atoms with Gasteiger partial charge in [-0.25, -0.2) is 13.2 Å². The Morgan fingerprint density at radius 2 is 1.89 bits per heavy atom. The number of sulfone groups is 1. The summed E-state index contributed by atoms with van der Waals surface area (Å²) >= 11 is 0. The summed E-state index contributed by atoms with van der Waals surface area (Å²) in [6, 6.07) is 7.48. The molecule has 0 atom stereocenters. The molecule has 3 heterocycles. The van der Waals surface area contributed by atoms with E-state index in [0.29, 0.717) is 16.5 Å². The van der Waals surface area contributed by atoms with Gasteiger partial charge in [0.15, 0.2) is 9.84 Å². The molecule has 3 aromatic heterocycles. The lowest BCUT2D eigenvalue weighted by molar-refractivity contribution is 0.0699. The molecule has 0 aliphatic heterocycles. The van der Waals surface area contributed by atoms with E-state index in [1.54, 1.807) is 12.1 Å². The lowest BCUT2D eigenvalue weighted by Gasteiger charge is -2.07. The van der Waals surface area contributed by atoms with Crippen molar-refractivity contribution in [3.05, 3.63) is 70.4 Å². The zero-order valence-electron chi connectivity index (χ0n) is 13.8. The number of aromatic amines is 2. The number of rotatable bonds is 4. The van der Waals surface area contributed by atoms with Crippen molar-refractivity contribution in [2.24, 2.45) is 0 Å². The fraction of sp³-hybridized carbons (Fsp3) is 0.0556. The highest BCUT2D eigenvalue weighted by Crippen LogP contribution is 2.28. The van der Waals surface area contributed by atoms with Gasteiger partial charge in [-0.2, -0.15) is 0 Å². The largest absolute Gasteiger partial charge is 0.478 e. The molecule has 0 saturated carbocycles. The van der Waals surface area contributed by atoms with E-state index in [1.807, 2.05) is 0 Å². The second kappa shape index (κ2) is 6.06. The minimum absolute atomic E-state index is 0.0395. The quantitative estimate of drug-likeness (QED) is 0.494. The first kappa shape index (κ1) is 17.0. The molecule has 0 unspecified atom stereocenters. The number of carbonyl (C=O) groups is 1. The third-order valence-corrected chi connectivity index (χ3v) is 6.00. The predicted octanol–water partition coefficient (Wildman–Crippen LogP) is 2.08. The average Bonchev–Trinajstić information content (AvgIpc) is 3.08. The summed E-state index contributed by atoms with van der Waals surface area (Å²) < 4.78 is 25.6. The van der Waals surface area contributed by atoms with Crippen LogP contribution in [-0.2, 0) is 15.6 Å². The van der Waals surface area contributed by atoms with Gasteiger partial charge in [0.25, 0.3) is 5.56 Å². The van der Waals surface area contributed by atoms with Gasteiger partial charge < -0.3 is 15.1 Å². The second-order valence-electron chi connectivity index (χ2n) is 6.03. The number of benzene rings is 1. The molecule has 136 valence electrons. The van der Waals surface area contributed by atoms with Crippen LogP contribution in [0.4, 0.5) is 0 Å². The van der Waals surface area contributed by atoms with Gasteiger partial charge in [0.2, 0.25) is 0 Å². The highest BCUT2D eigenvalue weighted by molar-refractivity contribution is 7.90. The lowest BCUT2D eigenvalue weighted by atomic mass is 10.1. The minimum Gasteiger partial charge on any atom is -0.478 e. The molecule has 27 heavy (non-hydrogen) atoms. The van der Waals surface area contributed by atoms with Gasteiger partial charge in [-0.15, -0.1) is 0 Å². The summed E-state index contributed by atoms with van der Waals surface area (Å²) in [6.45, 7) is 0. The van der Waals surface area contributed by atoms with Gasteiger partial charge in [0.1, 0.15) is 5.52 Å². The Bertz CT molecular complexity index is 1350. The predicted molar refractivity (Wildman–Crippen MR) is 98.5 cm³/mol. The molecule has 4 rings (SSSR count). The van der Waals surface area contributed by atoms with E-state index in [-0.39, 0.29) is 27.1 Å². The van der Waals surface area contributed by atoms with Crippen molar-refractivity contribution in [1.82, 2.24) is 15.0 Å². The maximum Gasteiger partial charge on any atom is 0.337 e. The van der Waals surface area contributed by atoms with Crippen molar-refractivity contribution in [3.63, 3.8) is 0 Å². The van der Waals surface area contributed by atoms with E-state index in [4.69, 9.17) is 0 Å². The smallest absolute Gasteiger partial charge is 0.337 e. The first-order valence-electron chi connectivity index (χ1n) is 7.89. The molecule has 4 aromatic rings. The number of fused-ring (bicyclic) bond motifs is 3. The summed E-state index contributed by atoms with van der Waals surface area (Å²) in [5.74, 6) is -1.43. The minimum atomic E-state index is -3.68. The Kier molecular flexibility index (Phi) is 3.81. The molecule has 0 aliphatic rings. The molecule has 0 aliphatic carbocycles. The maximum absolute atomic E-state index is 12.8. The summed E-state index contributed by atoms with van der Waals surface area (Å²) in [7, 11) is -3.68. The van der Waals surface area contributed by atoms with Crippen molar-refractivity contribution < 1.29 is 18.3 Å². The Labute approximate surface area is 152 Å². The van der Waals surface area contributed by atoms with E-state index < -0.39 is 21.4 Å². The molecule has 3 N–H and O–H groups in total. The molecular formula is C18H13N3O5S. The maximum atomic E-state index is 12.8. The number of carboxylic acids is 1. The summed E-state index contributed by atoms with van der Waals surface area (Å²) in [5, 5.41) is 9.92. The SMILES string of the molecule is O=C(O)c1c[nH]c2c(=O)[nH]c3ccc(S(=O)(=O)Cc4ccncc4)cc3c12. The van der Waals surface area contributed by atoms with E-state index in [9.17, 15) is 23.1 Å². The second-order valence-corrected chi connectivity index (χ2v) is 8.02. The first-order chi connectivity index (χ1) is 12.9. The molecule has 0 radical (unpaired) electrons. The Morgan fingerprint density at radius 1 is 1.15 bits per heavy atom. The number of nitrogens with one attached hydrogen (secondary N) is 2. The lowest BCUT2D eigenvalue weighted by Crippen LogP contribution is -2.09. The Morgan fingerprint density at radius 3 is 2.59 bits per heavy atom. The standard InChI is InChI=1S/C18H13N3O5S/c22-17-16-15(13(8-20-16)18(23)24)12-7-11(1-2-14(12)21-17)27(25,26)9-10-3-5-19-6-4-10/h1-8,20H,9H2,(H,21,22)(H,23,24). The monoisotopic (exact) mass is 383 g/mol. The van der Waals surface area contributed by atoms with Crippen LogP contribution in [0.5, 0.6) is 0 Å². The summed E-state index contributed by atoms with van der Waals surface area (Å²) in [5.41, 5.74) is 0.466. The van der Waals surface area contributed by atoms with Crippen LogP contribution in [0, 0.1) is 0 Å². The number of carboxylic acid groups (broad SMARTS) is 1. The van der Waals surface area contributed by atoms with Crippen LogP contribution in [0.25, 0.3) is 21.8 Å². The number of nitrogens with zero attached hydrogens (tertiary/aromatic N) is 1. The number of hydrogen-bond acceptors (Lipinski definition) is 5. The molecular weight excluding hydrogens is 370 g/mol. The molecule has 0 fully saturated rings. The van der Waals surface area contributed by atoms with Crippen molar-refractivity contribution in [2.45, 2.75) is 10.6 Å². The van der Waals surface area contributed by atoms with Crippen molar-refractivity contribution >= 4 is 37.6 Å². The molecule has 0 saturated heterocycles. The van der Waals surface area contributed by atoms with Crippen LogP contribution in [0.2, 0.25) is 0 Å². The van der Waals surface area contributed by atoms with Crippen LogP contribution in [0.15, 0.2) is 58.6 Å². The van der Waals surface area contributed by atoms with Gasteiger partial charge in [-0.1, -0.05) is 0 Å². The van der Waals surface area contributed by atoms with Crippen LogP contribution in [0.1, 0.15) is 15.9 Å². The third kappa shape index (κ3) is 2.87. The van der Waals surface area contributed by atoms with Crippen LogP contribution in [-0.4, -0.2) is 34.4 Å². The molecule has 0 amide bonds. The topological polar surface area (TPSA) is 133 Å². The molecule has 9 heteroatoms. The van der Waals surface area contributed by atoms with E-state index in [2.05, 4.69) is 15.0 Å². The van der Waals surface area contributed by atoms with Gasteiger partial charge in [0.05, 0.1) is 16.2 Å². The van der Waals surface area contributed by atoms with Gasteiger partial charge in [0, 0.05) is 34.9 Å². The molecule has 8 nitrogen and oxygen atoms in total. The summed E-state index contributed by atoms with van der Waals surface area (Å²) in [4.78, 5) is 32.8. The van der Waals surface area contributed by atoms with Crippen molar-refractivity contribution in [2.75, 3.05) is 0 Å². The number of hydrogen-bond donors (Lipinski definition) is 3. The molecule has 0 bridgehead atoms. The first-order valence-corrected chi connectivity index (χ1v) is 9.54. The van der Waals surface area contributed by atoms with Crippen LogP contribution < -0.4 is 5.56 Å². The zero-order valence-corrected chi connectivity index (χ0v) is 14.6. The van der Waals surface area contributed by atoms with Gasteiger partial charge >= 0.3 is 5.97 Å². The van der Waals surface area contributed by atoms with Crippen LogP contribution in [0.3, 0.4) is 0 Å². The number of aromatic nitrogens is 3. The highest BCUT2D eigenvalue weighted by Gasteiger charge is 2.20. The van der Waals surface area contributed by atoms with Gasteiger partial charge in [-0.3, -0.25) is 9.78 Å². The van der Waals surface area contributed by atoms with Crippen molar-refractivity contribution in [1.29, 1.82) is 0 Å². The molecule has 1 aromatic carbocycles. The summed E-state index contributed by atoms with van der Waals surface area (Å²) in [6.07, 6.45) is 4.25. The van der Waals surface area contributed by atoms with E-state index in [1.165, 1.54) is 36.8 Å². The van der Waals surface area contributed by atoms with E-state index >= 15 is 0 Å². The number of H-pyrrole nitrogens is 2. The Balaban J connectivity index is 1.95. The fourth-order valence-corrected chi connectivity index (χ4v) is 4.42. The van der Waals surface area contributed by atoms with E-state index in [0.717, 1.165) is 0 Å². The normalized spacial score (nSPS) is 11.9.